The molecule has 0 spiro atoms. The minimum absolute atomic E-state index is 0.0507. The van der Waals surface area contributed by atoms with Crippen LogP contribution in [0.4, 0.5) is 8.78 Å². The van der Waals surface area contributed by atoms with Gasteiger partial charge in [-0.3, -0.25) is 19.0 Å². The first-order valence-electron chi connectivity index (χ1n) is 9.72. The van der Waals surface area contributed by atoms with Gasteiger partial charge in [0.2, 0.25) is 5.91 Å². The Morgan fingerprint density at radius 2 is 1.79 bits per heavy atom. The number of nitrogens with zero attached hydrogens (tertiary/aromatic N) is 1. The van der Waals surface area contributed by atoms with Crippen LogP contribution in [0.25, 0.3) is 10.9 Å². The van der Waals surface area contributed by atoms with Gasteiger partial charge in [-0.05, 0) is 37.1 Å². The first kappa shape index (κ1) is 24.5. The number of carboxylic acids is 1. The van der Waals surface area contributed by atoms with Crippen molar-refractivity contribution in [1.82, 2.24) is 9.88 Å². The van der Waals surface area contributed by atoms with Crippen molar-refractivity contribution in [1.29, 1.82) is 0 Å². The van der Waals surface area contributed by atoms with Gasteiger partial charge in [0.15, 0.2) is 17.4 Å². The Hall–Kier alpha value is -3.17. The zero-order valence-electron chi connectivity index (χ0n) is 17.2. The van der Waals surface area contributed by atoms with Gasteiger partial charge in [-0.25, -0.2) is 8.78 Å². The van der Waals surface area contributed by atoms with Crippen molar-refractivity contribution >= 4 is 51.9 Å². The molecule has 33 heavy (non-hydrogen) atoms. The van der Waals surface area contributed by atoms with Crippen LogP contribution in [0.15, 0.2) is 24.3 Å². The summed E-state index contributed by atoms with van der Waals surface area (Å²) < 4.78 is 30.1. The third-order valence-corrected chi connectivity index (χ3v) is 5.86. The second-order valence-electron chi connectivity index (χ2n) is 7.24. The molecular weight excluding hydrogens is 481 g/mol. The fraction of sp³-hybridized carbons (Fsp3) is 0.227. The second kappa shape index (κ2) is 9.76. The molecule has 0 fully saturated rings. The van der Waals surface area contributed by atoms with E-state index < -0.39 is 35.2 Å². The molecule has 0 unspecified atom stereocenters. The molecule has 174 valence electrons. The molecule has 1 heterocycles. The van der Waals surface area contributed by atoms with E-state index in [2.05, 4.69) is 5.32 Å². The highest BCUT2D eigenvalue weighted by Crippen LogP contribution is 2.36. The molecule has 0 radical (unpaired) electrons. The Morgan fingerprint density at radius 3 is 2.42 bits per heavy atom. The number of carbonyl (C=O) groups is 3. The van der Waals surface area contributed by atoms with Crippen LogP contribution in [-0.4, -0.2) is 39.1 Å². The van der Waals surface area contributed by atoms with Crippen LogP contribution in [-0.2, 0) is 16.0 Å². The first-order valence-corrected chi connectivity index (χ1v) is 10.5. The van der Waals surface area contributed by atoms with Gasteiger partial charge in [0.1, 0.15) is 0 Å². The van der Waals surface area contributed by atoms with E-state index in [-0.39, 0.29) is 63.6 Å². The number of nitrogens with one attached hydrogen (secondary N) is 1. The van der Waals surface area contributed by atoms with E-state index in [9.17, 15) is 28.3 Å². The van der Waals surface area contributed by atoms with Gasteiger partial charge < -0.3 is 15.5 Å². The molecule has 0 atom stereocenters. The lowest BCUT2D eigenvalue weighted by atomic mass is 10.0. The monoisotopic (exact) mass is 498 g/mol. The number of carbonyl (C=O) groups excluding carboxylic acids is 2. The Labute approximate surface area is 196 Å². The van der Waals surface area contributed by atoms with E-state index >= 15 is 0 Å². The van der Waals surface area contributed by atoms with E-state index in [4.69, 9.17) is 28.3 Å². The molecule has 3 aromatic rings. The smallest absolute Gasteiger partial charge is 0.305 e. The van der Waals surface area contributed by atoms with Crippen molar-refractivity contribution in [2.45, 2.75) is 26.2 Å². The van der Waals surface area contributed by atoms with Crippen LogP contribution >= 0.6 is 23.2 Å². The number of fused-ring (bicyclic) bond motifs is 1. The van der Waals surface area contributed by atoms with Crippen LogP contribution in [0.3, 0.4) is 0 Å². The summed E-state index contributed by atoms with van der Waals surface area (Å²) >= 11 is 11.9. The number of phenols is 1. The summed E-state index contributed by atoms with van der Waals surface area (Å²) in [5.74, 6) is -5.91. The largest absolute Gasteiger partial charge is 0.503 e. The minimum atomic E-state index is -1.25. The molecule has 1 amide bonds. The zero-order valence-corrected chi connectivity index (χ0v) is 18.7. The third kappa shape index (κ3) is 4.94. The highest BCUT2D eigenvalue weighted by atomic mass is 35.5. The topological polar surface area (TPSA) is 109 Å². The number of hydrogen-bond donors (Lipinski definition) is 3. The maximum Gasteiger partial charge on any atom is 0.305 e. The Morgan fingerprint density at radius 1 is 1.09 bits per heavy atom. The molecule has 0 saturated carbocycles. The SMILES string of the molecule is Cc1c(CCC(=O)NCCC(=O)O)c2c(F)c(O)c(F)cc2n1C(=O)c1ccc(Cl)c(Cl)c1. The van der Waals surface area contributed by atoms with Crippen molar-refractivity contribution in [2.75, 3.05) is 6.54 Å². The zero-order chi connectivity index (χ0) is 24.4. The summed E-state index contributed by atoms with van der Waals surface area (Å²) in [4.78, 5) is 35.9. The molecule has 0 saturated heterocycles. The molecule has 1 aromatic heterocycles. The van der Waals surface area contributed by atoms with Gasteiger partial charge in [0.25, 0.3) is 5.91 Å². The second-order valence-corrected chi connectivity index (χ2v) is 8.06. The number of benzene rings is 2. The van der Waals surface area contributed by atoms with E-state index in [0.29, 0.717) is 0 Å². The number of aromatic nitrogens is 1. The predicted octanol–water partition coefficient (Wildman–Crippen LogP) is 4.45. The molecule has 3 rings (SSSR count). The summed E-state index contributed by atoms with van der Waals surface area (Å²) in [5.41, 5.74) is 0.441. The lowest BCUT2D eigenvalue weighted by molar-refractivity contribution is -0.136. The number of rotatable bonds is 7. The Kier molecular flexibility index (Phi) is 7.24. The number of carboxylic acid groups (broad SMARTS) is 1. The van der Waals surface area contributed by atoms with Gasteiger partial charge in [-0.2, -0.15) is 0 Å². The number of aliphatic carboxylic acids is 1. The molecule has 2 aromatic carbocycles. The average Bonchev–Trinajstić information content (AvgIpc) is 3.02. The maximum absolute atomic E-state index is 14.9. The minimum Gasteiger partial charge on any atom is -0.503 e. The molecule has 3 N–H and O–H groups in total. The fourth-order valence-corrected chi connectivity index (χ4v) is 3.82. The van der Waals surface area contributed by atoms with E-state index in [1.165, 1.54) is 25.1 Å². The normalized spacial score (nSPS) is 11.1. The average molecular weight is 499 g/mol. The summed E-state index contributed by atoms with van der Waals surface area (Å²) in [6, 6.07) is 4.98. The molecule has 0 bridgehead atoms. The first-order chi connectivity index (χ1) is 15.5. The number of phenolic OH excluding ortho intramolecular Hbond substituents is 1. The lowest BCUT2D eigenvalue weighted by Gasteiger charge is -2.09. The molecule has 0 aliphatic heterocycles. The number of halogens is 4. The summed E-state index contributed by atoms with van der Waals surface area (Å²) in [6.07, 6.45) is -0.465. The van der Waals surface area contributed by atoms with Gasteiger partial charge in [0.05, 0.1) is 22.0 Å². The van der Waals surface area contributed by atoms with Crippen LogP contribution in [0.5, 0.6) is 5.75 Å². The van der Waals surface area contributed by atoms with Crippen molar-refractivity contribution in [3.63, 3.8) is 0 Å². The van der Waals surface area contributed by atoms with Gasteiger partial charge in [-0.15, -0.1) is 0 Å². The summed E-state index contributed by atoms with van der Waals surface area (Å²) in [7, 11) is 0. The maximum atomic E-state index is 14.9. The quantitative estimate of drug-likeness (QED) is 0.445. The van der Waals surface area contributed by atoms with Crippen LogP contribution < -0.4 is 5.32 Å². The molecule has 0 aliphatic carbocycles. The van der Waals surface area contributed by atoms with Gasteiger partial charge >= 0.3 is 5.97 Å². The van der Waals surface area contributed by atoms with E-state index in [1.54, 1.807) is 0 Å². The van der Waals surface area contributed by atoms with Gasteiger partial charge in [-0.1, -0.05) is 23.2 Å². The number of aryl methyl sites for hydroxylation is 1. The fourth-order valence-electron chi connectivity index (χ4n) is 3.52. The van der Waals surface area contributed by atoms with Crippen LogP contribution in [0.2, 0.25) is 10.0 Å². The standard InChI is InChI=1S/C22H18Cl2F2N2O5/c1-10-12(3-5-17(29)27-7-6-18(30)31)19-16(9-15(25)21(32)20(19)26)28(10)22(33)11-2-4-13(23)14(24)8-11/h2,4,8-9,32H,3,5-7H2,1H3,(H,27,29)(H,30,31). The van der Waals surface area contributed by atoms with Crippen molar-refractivity contribution in [3.8, 4) is 5.75 Å². The number of amides is 1. The molecule has 11 heteroatoms. The van der Waals surface area contributed by atoms with Gasteiger partial charge in [0, 0.05) is 35.7 Å². The van der Waals surface area contributed by atoms with E-state index in [1.807, 2.05) is 0 Å². The number of aromatic hydroxyl groups is 1. The van der Waals surface area contributed by atoms with Crippen LogP contribution in [0, 0.1) is 18.6 Å². The summed E-state index contributed by atoms with van der Waals surface area (Å²) in [6.45, 7) is 1.42. The summed E-state index contributed by atoms with van der Waals surface area (Å²) in [5, 5.41) is 21.0. The highest BCUT2D eigenvalue weighted by molar-refractivity contribution is 6.42. The number of hydrogen-bond acceptors (Lipinski definition) is 4. The lowest BCUT2D eigenvalue weighted by Crippen LogP contribution is -2.26. The Bertz CT molecular complexity index is 1290. The molecule has 0 aliphatic rings. The highest BCUT2D eigenvalue weighted by Gasteiger charge is 2.26. The van der Waals surface area contributed by atoms with Crippen molar-refractivity contribution in [3.05, 3.63) is 62.8 Å². The third-order valence-electron chi connectivity index (χ3n) is 5.12. The molecule has 7 nitrogen and oxygen atoms in total. The predicted molar refractivity (Wildman–Crippen MR) is 118 cm³/mol. The Balaban J connectivity index is 2.05. The van der Waals surface area contributed by atoms with Crippen molar-refractivity contribution in [2.24, 2.45) is 0 Å². The molecular formula is C22H18Cl2F2N2O5. The van der Waals surface area contributed by atoms with E-state index in [0.717, 1.165) is 10.6 Å². The van der Waals surface area contributed by atoms with Crippen LogP contribution in [0.1, 0.15) is 34.5 Å². The van der Waals surface area contributed by atoms with Crippen molar-refractivity contribution < 1.29 is 33.4 Å².